The van der Waals surface area contributed by atoms with Gasteiger partial charge >= 0.3 is 0 Å². The van der Waals surface area contributed by atoms with E-state index < -0.39 is 0 Å². The number of aryl methyl sites for hydroxylation is 1. The minimum absolute atomic E-state index is 0.442. The Hall–Kier alpha value is -1.19. The minimum atomic E-state index is 0.442. The highest BCUT2D eigenvalue weighted by molar-refractivity contribution is 7.10. The first-order chi connectivity index (χ1) is 8.29. The van der Waals surface area contributed by atoms with Crippen molar-refractivity contribution in [3.8, 4) is 0 Å². The predicted molar refractivity (Wildman–Crippen MR) is 73.2 cm³/mol. The molecule has 2 rings (SSSR count). The van der Waals surface area contributed by atoms with E-state index in [4.69, 9.17) is 0 Å². The maximum Gasteiger partial charge on any atom is 0.0545 e. The Labute approximate surface area is 107 Å². The summed E-state index contributed by atoms with van der Waals surface area (Å²) in [5, 5.41) is 5.69. The lowest BCUT2D eigenvalue weighted by Gasteiger charge is -2.15. The quantitative estimate of drug-likeness (QED) is 0.870. The molecule has 0 saturated carbocycles. The van der Waals surface area contributed by atoms with Crippen molar-refractivity contribution in [3.05, 3.63) is 52.0 Å². The molecule has 0 aliphatic rings. The Morgan fingerprint density at radius 3 is 2.82 bits per heavy atom. The van der Waals surface area contributed by atoms with Crippen molar-refractivity contribution in [1.29, 1.82) is 0 Å². The lowest BCUT2D eigenvalue weighted by molar-refractivity contribution is 0.521. The monoisotopic (exact) mass is 246 g/mol. The maximum absolute atomic E-state index is 4.50. The third-order valence-electron chi connectivity index (χ3n) is 2.77. The molecule has 0 aliphatic heterocycles. The summed E-state index contributed by atoms with van der Waals surface area (Å²) in [4.78, 5) is 5.90. The number of nitrogens with one attached hydrogen (secondary N) is 1. The van der Waals surface area contributed by atoms with Crippen LogP contribution in [0.5, 0.6) is 0 Å². The maximum atomic E-state index is 4.50. The fourth-order valence-electron chi connectivity index (χ4n) is 1.86. The molecule has 2 nitrogen and oxygen atoms in total. The van der Waals surface area contributed by atoms with Crippen LogP contribution in [0.25, 0.3) is 0 Å². The van der Waals surface area contributed by atoms with Crippen molar-refractivity contribution in [2.45, 2.75) is 32.9 Å². The summed E-state index contributed by atoms with van der Waals surface area (Å²) in [6.07, 6.45) is 1.10. The van der Waals surface area contributed by atoms with Crippen LogP contribution in [0.4, 0.5) is 0 Å². The van der Waals surface area contributed by atoms with E-state index in [1.165, 1.54) is 4.88 Å². The molecule has 2 heterocycles. The van der Waals surface area contributed by atoms with Crippen LogP contribution in [-0.4, -0.2) is 4.98 Å². The molecule has 3 heteroatoms. The Balaban J connectivity index is 1.97. The zero-order valence-corrected chi connectivity index (χ0v) is 11.1. The van der Waals surface area contributed by atoms with Crippen molar-refractivity contribution in [2.24, 2.45) is 0 Å². The lowest BCUT2D eigenvalue weighted by atomic mass is 10.2. The SMILES string of the molecule is CCC(NCc1cccc(C)n1)c1cccs1. The molecule has 0 aromatic carbocycles. The van der Waals surface area contributed by atoms with Crippen molar-refractivity contribution >= 4 is 11.3 Å². The van der Waals surface area contributed by atoms with Crippen molar-refractivity contribution in [1.82, 2.24) is 10.3 Å². The van der Waals surface area contributed by atoms with E-state index in [0.29, 0.717) is 6.04 Å². The first-order valence-corrected chi connectivity index (χ1v) is 6.87. The molecule has 2 aromatic heterocycles. The summed E-state index contributed by atoms with van der Waals surface area (Å²) in [5.41, 5.74) is 2.19. The minimum Gasteiger partial charge on any atom is -0.304 e. The molecular weight excluding hydrogens is 228 g/mol. The molecule has 1 unspecified atom stereocenters. The highest BCUT2D eigenvalue weighted by Crippen LogP contribution is 2.21. The van der Waals surface area contributed by atoms with Gasteiger partial charge in [0.1, 0.15) is 0 Å². The zero-order valence-electron chi connectivity index (χ0n) is 10.3. The van der Waals surface area contributed by atoms with E-state index in [1.54, 1.807) is 0 Å². The fourth-order valence-corrected chi connectivity index (χ4v) is 2.75. The van der Waals surface area contributed by atoms with Gasteiger partial charge in [-0.25, -0.2) is 0 Å². The molecule has 2 aromatic rings. The van der Waals surface area contributed by atoms with E-state index in [2.05, 4.69) is 46.9 Å². The second-order valence-corrected chi connectivity index (χ2v) is 5.11. The second-order valence-electron chi connectivity index (χ2n) is 4.13. The highest BCUT2D eigenvalue weighted by atomic mass is 32.1. The third-order valence-corrected chi connectivity index (χ3v) is 3.76. The van der Waals surface area contributed by atoms with Gasteiger partial charge in [-0.15, -0.1) is 11.3 Å². The Bertz CT molecular complexity index is 451. The van der Waals surface area contributed by atoms with Crippen LogP contribution in [0.15, 0.2) is 35.7 Å². The van der Waals surface area contributed by atoms with E-state index in [9.17, 15) is 0 Å². The zero-order chi connectivity index (χ0) is 12.1. The number of nitrogens with zero attached hydrogens (tertiary/aromatic N) is 1. The standard InChI is InChI=1S/C14H18N2S/c1-3-13(14-8-5-9-17-14)15-10-12-7-4-6-11(2)16-12/h4-9,13,15H,3,10H2,1-2H3. The number of hydrogen-bond donors (Lipinski definition) is 1. The molecule has 1 N–H and O–H groups in total. The number of thiophene rings is 1. The molecule has 0 aliphatic carbocycles. The van der Waals surface area contributed by atoms with Gasteiger partial charge in [-0.05, 0) is 36.9 Å². The largest absolute Gasteiger partial charge is 0.304 e. The lowest BCUT2D eigenvalue weighted by Crippen LogP contribution is -2.20. The Morgan fingerprint density at radius 1 is 1.29 bits per heavy atom. The van der Waals surface area contributed by atoms with Crippen LogP contribution in [0.3, 0.4) is 0 Å². The van der Waals surface area contributed by atoms with E-state index in [0.717, 1.165) is 24.4 Å². The predicted octanol–water partition coefficient (Wildman–Crippen LogP) is 3.69. The summed E-state index contributed by atoms with van der Waals surface area (Å²) in [6.45, 7) is 5.07. The normalized spacial score (nSPS) is 12.6. The molecule has 17 heavy (non-hydrogen) atoms. The summed E-state index contributed by atoms with van der Waals surface area (Å²) in [6, 6.07) is 10.9. The van der Waals surface area contributed by atoms with Crippen LogP contribution in [0, 0.1) is 6.92 Å². The van der Waals surface area contributed by atoms with Gasteiger partial charge in [-0.1, -0.05) is 19.1 Å². The topological polar surface area (TPSA) is 24.9 Å². The van der Waals surface area contributed by atoms with Crippen LogP contribution >= 0.6 is 11.3 Å². The van der Waals surface area contributed by atoms with Crippen LogP contribution in [-0.2, 0) is 6.54 Å². The number of rotatable bonds is 5. The second kappa shape index (κ2) is 5.94. The van der Waals surface area contributed by atoms with Crippen LogP contribution < -0.4 is 5.32 Å². The average molecular weight is 246 g/mol. The smallest absolute Gasteiger partial charge is 0.0545 e. The summed E-state index contributed by atoms with van der Waals surface area (Å²) in [7, 11) is 0. The third kappa shape index (κ3) is 3.38. The van der Waals surface area contributed by atoms with Crippen LogP contribution in [0.2, 0.25) is 0 Å². The summed E-state index contributed by atoms with van der Waals surface area (Å²) >= 11 is 1.81. The first-order valence-electron chi connectivity index (χ1n) is 5.99. The van der Waals surface area contributed by atoms with Gasteiger partial charge in [0.2, 0.25) is 0 Å². The molecule has 1 atom stereocenters. The molecule has 0 radical (unpaired) electrons. The average Bonchev–Trinajstić information content (AvgIpc) is 2.84. The van der Waals surface area contributed by atoms with Gasteiger partial charge in [0.05, 0.1) is 5.69 Å². The molecular formula is C14H18N2S. The molecule has 0 amide bonds. The van der Waals surface area contributed by atoms with Gasteiger partial charge in [-0.2, -0.15) is 0 Å². The molecule has 0 bridgehead atoms. The summed E-state index contributed by atoms with van der Waals surface area (Å²) in [5.74, 6) is 0. The summed E-state index contributed by atoms with van der Waals surface area (Å²) < 4.78 is 0. The van der Waals surface area contributed by atoms with Crippen molar-refractivity contribution in [3.63, 3.8) is 0 Å². The molecule has 0 spiro atoms. The first kappa shape index (κ1) is 12.3. The Morgan fingerprint density at radius 2 is 2.18 bits per heavy atom. The van der Waals surface area contributed by atoms with Gasteiger partial charge < -0.3 is 5.32 Å². The number of pyridine rings is 1. The Kier molecular flexibility index (Phi) is 4.29. The van der Waals surface area contributed by atoms with E-state index >= 15 is 0 Å². The number of hydrogen-bond acceptors (Lipinski definition) is 3. The highest BCUT2D eigenvalue weighted by Gasteiger charge is 2.09. The molecule has 0 fully saturated rings. The van der Waals surface area contributed by atoms with E-state index in [-0.39, 0.29) is 0 Å². The van der Waals surface area contributed by atoms with Gasteiger partial charge in [0.25, 0.3) is 0 Å². The van der Waals surface area contributed by atoms with Crippen molar-refractivity contribution < 1.29 is 0 Å². The van der Waals surface area contributed by atoms with Gasteiger partial charge in [0, 0.05) is 23.2 Å². The van der Waals surface area contributed by atoms with Gasteiger partial charge in [0.15, 0.2) is 0 Å². The van der Waals surface area contributed by atoms with Crippen LogP contribution in [0.1, 0.15) is 35.7 Å². The fraction of sp³-hybridized carbons (Fsp3) is 0.357. The van der Waals surface area contributed by atoms with Crippen molar-refractivity contribution in [2.75, 3.05) is 0 Å². The van der Waals surface area contributed by atoms with E-state index in [1.807, 2.05) is 24.3 Å². The molecule has 90 valence electrons. The number of aromatic nitrogens is 1. The van der Waals surface area contributed by atoms with Gasteiger partial charge in [-0.3, -0.25) is 4.98 Å². The molecule has 0 saturated heterocycles.